The van der Waals surface area contributed by atoms with Crippen molar-refractivity contribution in [2.24, 2.45) is 11.8 Å². The molecule has 1 unspecified atom stereocenters. The van der Waals surface area contributed by atoms with Gasteiger partial charge in [0.25, 0.3) is 0 Å². The first-order valence-electron chi connectivity index (χ1n) is 9.58. The third kappa shape index (κ3) is 4.94. The summed E-state index contributed by atoms with van der Waals surface area (Å²) < 4.78 is 25.5. The summed E-state index contributed by atoms with van der Waals surface area (Å²) in [6.45, 7) is 5.27. The maximum Gasteiger partial charge on any atom is 0.222 e. The van der Waals surface area contributed by atoms with Crippen LogP contribution in [-0.4, -0.2) is 55.5 Å². The van der Waals surface area contributed by atoms with E-state index >= 15 is 0 Å². The van der Waals surface area contributed by atoms with E-state index in [9.17, 15) is 13.2 Å². The van der Waals surface area contributed by atoms with E-state index in [4.69, 9.17) is 0 Å². The zero-order chi connectivity index (χ0) is 17.7. The molecule has 0 N–H and O–H groups in total. The Morgan fingerprint density at radius 3 is 2.25 bits per heavy atom. The Balaban J connectivity index is 1.80. The molecule has 0 spiro atoms. The van der Waals surface area contributed by atoms with Crippen LogP contribution in [0.3, 0.4) is 0 Å². The first-order chi connectivity index (χ1) is 11.3. The average Bonchev–Trinajstić information content (AvgIpc) is 2.61. The van der Waals surface area contributed by atoms with E-state index in [0.717, 1.165) is 12.8 Å². The van der Waals surface area contributed by atoms with Gasteiger partial charge in [-0.1, -0.05) is 39.0 Å². The van der Waals surface area contributed by atoms with Crippen LogP contribution in [0.25, 0.3) is 0 Å². The summed E-state index contributed by atoms with van der Waals surface area (Å²) in [5.41, 5.74) is 0. The minimum absolute atomic E-state index is 0.0368. The second kappa shape index (κ2) is 8.65. The summed E-state index contributed by atoms with van der Waals surface area (Å²) in [6.07, 6.45) is 8.67. The summed E-state index contributed by atoms with van der Waals surface area (Å²) in [4.78, 5) is 14.5. The molecule has 1 heterocycles. The number of sulfonamides is 1. The van der Waals surface area contributed by atoms with Crippen LogP contribution in [-0.2, 0) is 14.8 Å². The molecule has 2 rings (SSSR count). The van der Waals surface area contributed by atoms with Crippen LogP contribution >= 0.6 is 0 Å². The lowest BCUT2D eigenvalue weighted by atomic mass is 9.79. The zero-order valence-electron chi connectivity index (χ0n) is 15.5. The van der Waals surface area contributed by atoms with Crippen molar-refractivity contribution in [2.45, 2.75) is 71.3 Å². The fourth-order valence-electron chi connectivity index (χ4n) is 4.18. The number of hydrogen-bond donors (Lipinski definition) is 0. The van der Waals surface area contributed by atoms with Gasteiger partial charge in [0.1, 0.15) is 0 Å². The Hall–Kier alpha value is -0.620. The molecule has 2 fully saturated rings. The molecule has 0 radical (unpaired) electrons. The number of nitrogens with zero attached hydrogens (tertiary/aromatic N) is 2. The van der Waals surface area contributed by atoms with E-state index in [0.29, 0.717) is 31.3 Å². The Bertz CT molecular complexity index is 506. The van der Waals surface area contributed by atoms with Gasteiger partial charge in [0.15, 0.2) is 0 Å². The SMILES string of the molecule is CCS(=O)(=O)N(C)C1CCN(C(=O)CC(C)C2CCCCC2)CC1. The molecule has 140 valence electrons. The van der Waals surface area contributed by atoms with Gasteiger partial charge >= 0.3 is 0 Å². The van der Waals surface area contributed by atoms with Crippen LogP contribution in [0.4, 0.5) is 0 Å². The smallest absolute Gasteiger partial charge is 0.222 e. The highest BCUT2D eigenvalue weighted by Gasteiger charge is 2.31. The Kier molecular flexibility index (Phi) is 7.10. The van der Waals surface area contributed by atoms with Crippen molar-refractivity contribution in [1.82, 2.24) is 9.21 Å². The number of carbonyl (C=O) groups excluding carboxylic acids is 1. The maximum atomic E-state index is 12.6. The van der Waals surface area contributed by atoms with Gasteiger partial charge in [-0.25, -0.2) is 12.7 Å². The van der Waals surface area contributed by atoms with Crippen molar-refractivity contribution in [2.75, 3.05) is 25.9 Å². The number of hydrogen-bond acceptors (Lipinski definition) is 3. The molecule has 6 heteroatoms. The van der Waals surface area contributed by atoms with E-state index in [2.05, 4.69) is 6.92 Å². The second-order valence-electron chi connectivity index (χ2n) is 7.61. The van der Waals surface area contributed by atoms with Crippen molar-refractivity contribution in [3.05, 3.63) is 0 Å². The van der Waals surface area contributed by atoms with Crippen LogP contribution in [0.2, 0.25) is 0 Å². The summed E-state index contributed by atoms with van der Waals surface area (Å²) in [7, 11) is -1.47. The standard InChI is InChI=1S/C18H34N2O3S/c1-4-24(22,23)19(3)17-10-12-20(13-11-17)18(21)14-15(2)16-8-6-5-7-9-16/h15-17H,4-14H2,1-3H3. The predicted molar refractivity (Wildman–Crippen MR) is 97.2 cm³/mol. The van der Waals surface area contributed by atoms with E-state index in [1.165, 1.54) is 36.4 Å². The molecule has 5 nitrogen and oxygen atoms in total. The number of likely N-dealkylation sites (tertiary alicyclic amines) is 1. The molecule has 0 aromatic heterocycles. The van der Waals surface area contributed by atoms with Crippen LogP contribution < -0.4 is 0 Å². The lowest BCUT2D eigenvalue weighted by Gasteiger charge is -2.37. The van der Waals surface area contributed by atoms with Crippen molar-refractivity contribution >= 4 is 15.9 Å². The quantitative estimate of drug-likeness (QED) is 0.733. The van der Waals surface area contributed by atoms with Crippen LogP contribution in [0, 0.1) is 11.8 Å². The largest absolute Gasteiger partial charge is 0.343 e. The van der Waals surface area contributed by atoms with Gasteiger partial charge in [-0.15, -0.1) is 0 Å². The van der Waals surface area contributed by atoms with Crippen LogP contribution in [0.1, 0.15) is 65.2 Å². The fraction of sp³-hybridized carbons (Fsp3) is 0.944. The number of rotatable bonds is 6. The highest BCUT2D eigenvalue weighted by Crippen LogP contribution is 2.32. The van der Waals surface area contributed by atoms with Crippen LogP contribution in [0.5, 0.6) is 0 Å². The molecular weight excluding hydrogens is 324 g/mol. The lowest BCUT2D eigenvalue weighted by Crippen LogP contribution is -2.47. The van der Waals surface area contributed by atoms with Crippen molar-refractivity contribution in [1.29, 1.82) is 0 Å². The molecule has 0 bridgehead atoms. The topological polar surface area (TPSA) is 57.7 Å². The van der Waals surface area contributed by atoms with Gasteiger partial charge in [-0.05, 0) is 31.6 Å². The summed E-state index contributed by atoms with van der Waals surface area (Å²) in [6, 6.07) is 0.0368. The van der Waals surface area contributed by atoms with Crippen molar-refractivity contribution in [3.63, 3.8) is 0 Å². The van der Waals surface area contributed by atoms with E-state index in [-0.39, 0.29) is 17.7 Å². The van der Waals surface area contributed by atoms with Gasteiger partial charge in [-0.2, -0.15) is 0 Å². The maximum absolute atomic E-state index is 12.6. The molecule has 1 atom stereocenters. The minimum Gasteiger partial charge on any atom is -0.343 e. The number of amides is 1. The Morgan fingerprint density at radius 1 is 1.12 bits per heavy atom. The van der Waals surface area contributed by atoms with E-state index in [1.807, 2.05) is 4.90 Å². The fourth-order valence-corrected chi connectivity index (χ4v) is 5.26. The van der Waals surface area contributed by atoms with Gasteiger partial charge in [0.05, 0.1) is 5.75 Å². The van der Waals surface area contributed by atoms with Crippen molar-refractivity contribution in [3.8, 4) is 0 Å². The molecular formula is C18H34N2O3S. The normalized spacial score (nSPS) is 22.8. The molecule has 1 amide bonds. The van der Waals surface area contributed by atoms with E-state index < -0.39 is 10.0 Å². The Labute approximate surface area is 147 Å². The second-order valence-corrected chi connectivity index (χ2v) is 9.93. The summed E-state index contributed by atoms with van der Waals surface area (Å²) in [5, 5.41) is 0. The predicted octanol–water partition coefficient (Wildman–Crippen LogP) is 2.87. The summed E-state index contributed by atoms with van der Waals surface area (Å²) >= 11 is 0. The molecule has 1 aliphatic carbocycles. The molecule has 0 aromatic rings. The molecule has 2 aliphatic rings. The number of piperidine rings is 1. The first kappa shape index (κ1) is 19.7. The zero-order valence-corrected chi connectivity index (χ0v) is 16.4. The third-order valence-electron chi connectivity index (χ3n) is 6.09. The molecule has 24 heavy (non-hydrogen) atoms. The monoisotopic (exact) mass is 358 g/mol. The van der Waals surface area contributed by atoms with Gasteiger partial charge in [-0.3, -0.25) is 4.79 Å². The molecule has 1 aliphatic heterocycles. The van der Waals surface area contributed by atoms with Gasteiger partial charge in [0, 0.05) is 32.6 Å². The molecule has 1 saturated heterocycles. The summed E-state index contributed by atoms with van der Waals surface area (Å²) in [5.74, 6) is 1.58. The van der Waals surface area contributed by atoms with Gasteiger partial charge in [0.2, 0.25) is 15.9 Å². The molecule has 1 saturated carbocycles. The average molecular weight is 359 g/mol. The third-order valence-corrected chi connectivity index (χ3v) is 7.99. The van der Waals surface area contributed by atoms with Crippen LogP contribution in [0.15, 0.2) is 0 Å². The number of carbonyl (C=O) groups is 1. The van der Waals surface area contributed by atoms with Crippen molar-refractivity contribution < 1.29 is 13.2 Å². The van der Waals surface area contributed by atoms with Gasteiger partial charge < -0.3 is 4.90 Å². The highest BCUT2D eigenvalue weighted by atomic mass is 32.2. The lowest BCUT2D eigenvalue weighted by molar-refractivity contribution is -0.133. The van der Waals surface area contributed by atoms with E-state index in [1.54, 1.807) is 14.0 Å². The highest BCUT2D eigenvalue weighted by molar-refractivity contribution is 7.89. The molecule has 0 aromatic carbocycles. The minimum atomic E-state index is -3.14. The first-order valence-corrected chi connectivity index (χ1v) is 11.2. The Morgan fingerprint density at radius 2 is 1.71 bits per heavy atom.